The van der Waals surface area contributed by atoms with Crippen LogP contribution in [0.5, 0.6) is 0 Å². The van der Waals surface area contributed by atoms with Gasteiger partial charge in [-0.1, -0.05) is 31.4 Å². The van der Waals surface area contributed by atoms with Gasteiger partial charge in [-0.05, 0) is 30.5 Å². The summed E-state index contributed by atoms with van der Waals surface area (Å²) >= 11 is 0. The van der Waals surface area contributed by atoms with Crippen LogP contribution in [0.1, 0.15) is 37.7 Å². The molecule has 1 fully saturated rings. The molecule has 1 aromatic carbocycles. The van der Waals surface area contributed by atoms with Crippen LogP contribution in [-0.4, -0.2) is 48.7 Å². The fourth-order valence-electron chi connectivity index (χ4n) is 2.91. The van der Waals surface area contributed by atoms with Crippen molar-refractivity contribution in [2.75, 3.05) is 19.8 Å². The fourth-order valence-corrected chi connectivity index (χ4v) is 4.91. The van der Waals surface area contributed by atoms with Crippen molar-refractivity contribution in [3.63, 3.8) is 0 Å². The van der Waals surface area contributed by atoms with Crippen molar-refractivity contribution in [1.82, 2.24) is 9.62 Å². The number of nitrogens with one attached hydrogen (secondary N) is 1. The van der Waals surface area contributed by atoms with Crippen LogP contribution in [-0.2, 0) is 31.4 Å². The monoisotopic (exact) mass is 386 g/mol. The first-order chi connectivity index (χ1) is 11.8. The maximum atomic E-state index is 12.2. The van der Waals surface area contributed by atoms with Crippen LogP contribution >= 0.6 is 0 Å². The minimum absolute atomic E-state index is 0.0544. The quantitative estimate of drug-likeness (QED) is 0.772. The minimum Gasteiger partial charge on any atom is -0.353 e. The number of hydrogen-bond donors (Lipinski definition) is 1. The second-order valence-electron chi connectivity index (χ2n) is 6.57. The molecule has 0 bridgehead atoms. The molecule has 140 valence electrons. The Morgan fingerprint density at radius 3 is 2.56 bits per heavy atom. The van der Waals surface area contributed by atoms with Gasteiger partial charge in [-0.3, -0.25) is 9.00 Å². The Balaban J connectivity index is 1.93. The van der Waals surface area contributed by atoms with Crippen LogP contribution in [0.15, 0.2) is 29.2 Å². The second kappa shape index (κ2) is 8.91. The number of carbonyl (C=O) groups is 1. The normalized spacial score (nSPS) is 17.4. The molecule has 1 aromatic rings. The Hall–Kier alpha value is -1.25. The average molecular weight is 387 g/mol. The number of rotatable bonds is 7. The molecule has 2 rings (SSSR count). The van der Waals surface area contributed by atoms with Crippen LogP contribution in [0.25, 0.3) is 0 Å². The largest absolute Gasteiger partial charge is 0.353 e. The van der Waals surface area contributed by atoms with E-state index >= 15 is 0 Å². The zero-order chi connectivity index (χ0) is 18.4. The highest BCUT2D eigenvalue weighted by Gasteiger charge is 2.19. The Morgan fingerprint density at radius 2 is 1.92 bits per heavy atom. The number of hydrogen-bond acceptors (Lipinski definition) is 4. The third-order valence-electron chi connectivity index (χ3n) is 4.27. The lowest BCUT2D eigenvalue weighted by molar-refractivity contribution is -0.119. The first kappa shape index (κ1) is 20.1. The van der Waals surface area contributed by atoms with Gasteiger partial charge in [0.2, 0.25) is 15.9 Å². The molecular weight excluding hydrogens is 360 g/mol. The van der Waals surface area contributed by atoms with Crippen LogP contribution in [0.4, 0.5) is 0 Å². The maximum Gasteiger partial charge on any atom is 0.242 e. The summed E-state index contributed by atoms with van der Waals surface area (Å²) in [7, 11) is -1.96. The predicted octanol–water partition coefficient (Wildman–Crippen LogP) is 1.63. The van der Waals surface area contributed by atoms with Gasteiger partial charge in [0.05, 0.1) is 4.90 Å². The predicted molar refractivity (Wildman–Crippen MR) is 99.0 cm³/mol. The van der Waals surface area contributed by atoms with Gasteiger partial charge in [-0.15, -0.1) is 0 Å². The number of benzene rings is 1. The summed E-state index contributed by atoms with van der Waals surface area (Å²) in [5, 5.41) is 2.95. The highest BCUT2D eigenvalue weighted by Crippen LogP contribution is 2.18. The van der Waals surface area contributed by atoms with E-state index < -0.39 is 20.8 Å². The molecule has 0 radical (unpaired) electrons. The van der Waals surface area contributed by atoms with Crippen molar-refractivity contribution in [2.24, 2.45) is 0 Å². The second-order valence-corrected chi connectivity index (χ2v) is 10.2. The molecule has 1 aliphatic rings. The summed E-state index contributed by atoms with van der Waals surface area (Å²) in [6.45, 7) is 0. The van der Waals surface area contributed by atoms with Gasteiger partial charge in [-0.25, -0.2) is 12.7 Å². The summed E-state index contributed by atoms with van der Waals surface area (Å²) in [6, 6.07) is 6.59. The van der Waals surface area contributed by atoms with Crippen molar-refractivity contribution in [3.05, 3.63) is 29.8 Å². The lowest BCUT2D eigenvalue weighted by atomic mass is 9.95. The van der Waals surface area contributed by atoms with E-state index in [9.17, 15) is 17.4 Å². The van der Waals surface area contributed by atoms with Crippen LogP contribution in [0.3, 0.4) is 0 Å². The Bertz CT molecular complexity index is 726. The van der Waals surface area contributed by atoms with Gasteiger partial charge in [0.15, 0.2) is 0 Å². The molecule has 25 heavy (non-hydrogen) atoms. The van der Waals surface area contributed by atoms with E-state index in [-0.39, 0.29) is 28.4 Å². The topological polar surface area (TPSA) is 83.6 Å². The zero-order valence-electron chi connectivity index (χ0n) is 14.7. The van der Waals surface area contributed by atoms with Crippen LogP contribution in [0, 0.1) is 0 Å². The molecule has 0 aliphatic heterocycles. The summed E-state index contributed by atoms with van der Waals surface area (Å²) in [5.74, 6) is -0.0851. The van der Waals surface area contributed by atoms with Crippen LogP contribution in [0.2, 0.25) is 0 Å². The standard InChI is InChI=1S/C17H26N2O4S2/c1-19(2)25(22,23)16-10-6-7-14(11-16)12-24(21)13-17(20)18-15-8-4-3-5-9-15/h6-7,10-11,15H,3-5,8-9,12-13H2,1-2H3,(H,18,20). The molecule has 0 aromatic heterocycles. The molecule has 1 aliphatic carbocycles. The Morgan fingerprint density at radius 1 is 1.24 bits per heavy atom. The molecule has 6 nitrogen and oxygen atoms in total. The third kappa shape index (κ3) is 5.90. The van der Waals surface area contributed by atoms with E-state index in [1.165, 1.54) is 32.6 Å². The number of amides is 1. The first-order valence-electron chi connectivity index (χ1n) is 8.45. The van der Waals surface area contributed by atoms with Crippen molar-refractivity contribution in [1.29, 1.82) is 0 Å². The van der Waals surface area contributed by atoms with E-state index in [0.717, 1.165) is 30.0 Å². The molecule has 8 heteroatoms. The highest BCUT2D eigenvalue weighted by molar-refractivity contribution is 7.89. The summed E-state index contributed by atoms with van der Waals surface area (Å²) in [5.41, 5.74) is 0.645. The van der Waals surface area contributed by atoms with Crippen molar-refractivity contribution < 1.29 is 17.4 Å². The molecule has 1 unspecified atom stereocenters. The molecular formula is C17H26N2O4S2. The summed E-state index contributed by atoms with van der Waals surface area (Å²) < 4.78 is 37.7. The van der Waals surface area contributed by atoms with E-state index in [4.69, 9.17) is 0 Å². The van der Waals surface area contributed by atoms with Crippen molar-refractivity contribution in [2.45, 2.75) is 48.8 Å². The van der Waals surface area contributed by atoms with Gasteiger partial charge in [0, 0.05) is 36.7 Å². The molecule has 1 amide bonds. The van der Waals surface area contributed by atoms with E-state index in [1.807, 2.05) is 0 Å². The van der Waals surface area contributed by atoms with Gasteiger partial charge in [-0.2, -0.15) is 0 Å². The van der Waals surface area contributed by atoms with E-state index in [2.05, 4.69) is 5.32 Å². The molecule has 0 saturated heterocycles. The first-order valence-corrected chi connectivity index (χ1v) is 11.4. The maximum absolute atomic E-state index is 12.2. The Kier molecular flexibility index (Phi) is 7.15. The number of nitrogens with zero attached hydrogens (tertiary/aromatic N) is 1. The van der Waals surface area contributed by atoms with E-state index in [1.54, 1.807) is 12.1 Å². The zero-order valence-corrected chi connectivity index (χ0v) is 16.4. The highest BCUT2D eigenvalue weighted by atomic mass is 32.2. The minimum atomic E-state index is -3.52. The fraction of sp³-hybridized carbons (Fsp3) is 0.588. The number of sulfonamides is 1. The van der Waals surface area contributed by atoms with Gasteiger partial charge < -0.3 is 5.32 Å². The van der Waals surface area contributed by atoms with Gasteiger partial charge >= 0.3 is 0 Å². The van der Waals surface area contributed by atoms with Gasteiger partial charge in [0.25, 0.3) is 0 Å². The van der Waals surface area contributed by atoms with E-state index in [0.29, 0.717) is 5.56 Å². The summed E-state index contributed by atoms with van der Waals surface area (Å²) in [6.07, 6.45) is 5.44. The lowest BCUT2D eigenvalue weighted by Gasteiger charge is -2.22. The molecule has 1 N–H and O–H groups in total. The molecule has 0 spiro atoms. The smallest absolute Gasteiger partial charge is 0.242 e. The number of carbonyl (C=O) groups excluding carboxylic acids is 1. The van der Waals surface area contributed by atoms with Crippen molar-refractivity contribution >= 4 is 26.7 Å². The molecule has 1 saturated carbocycles. The Labute approximate surface area is 152 Å². The molecule has 1 atom stereocenters. The molecule has 0 heterocycles. The summed E-state index contributed by atoms with van der Waals surface area (Å²) in [4.78, 5) is 12.2. The van der Waals surface area contributed by atoms with Crippen molar-refractivity contribution in [3.8, 4) is 0 Å². The van der Waals surface area contributed by atoms with Gasteiger partial charge in [0.1, 0.15) is 5.75 Å². The third-order valence-corrected chi connectivity index (χ3v) is 7.32. The lowest BCUT2D eigenvalue weighted by Crippen LogP contribution is -2.38. The SMILES string of the molecule is CN(C)S(=O)(=O)c1cccc(CS(=O)CC(=O)NC2CCCCC2)c1. The van der Waals surface area contributed by atoms with Crippen LogP contribution < -0.4 is 5.32 Å². The average Bonchev–Trinajstić information content (AvgIpc) is 2.55.